The predicted octanol–water partition coefficient (Wildman–Crippen LogP) is 4.12. The molecule has 0 fully saturated rings. The van der Waals surface area contributed by atoms with Gasteiger partial charge in [-0.1, -0.05) is 38.3 Å². The third-order valence-electron chi connectivity index (χ3n) is 2.55. The molecule has 4 heteroatoms. The van der Waals surface area contributed by atoms with Gasteiger partial charge in [-0.15, -0.1) is 0 Å². The van der Waals surface area contributed by atoms with Crippen LogP contribution < -0.4 is 0 Å². The molecule has 0 saturated heterocycles. The predicted molar refractivity (Wildman–Crippen MR) is 77.6 cm³/mol. The summed E-state index contributed by atoms with van der Waals surface area (Å²) < 4.78 is 32.2. The molecule has 112 valence electrons. The molecule has 0 radical (unpaired) electrons. The van der Waals surface area contributed by atoms with Crippen LogP contribution in [-0.2, 0) is 4.74 Å². The van der Waals surface area contributed by atoms with Crippen LogP contribution in [0.4, 0.5) is 8.78 Å². The maximum atomic E-state index is 13.5. The van der Waals surface area contributed by atoms with Crippen molar-refractivity contribution < 1.29 is 18.3 Å². The lowest BCUT2D eigenvalue weighted by Gasteiger charge is -2.15. The lowest BCUT2D eigenvalue weighted by molar-refractivity contribution is 0.0366. The van der Waals surface area contributed by atoms with E-state index < -0.39 is 29.3 Å². The van der Waals surface area contributed by atoms with Gasteiger partial charge in [0.2, 0.25) is 0 Å². The van der Waals surface area contributed by atoms with Gasteiger partial charge in [-0.05, 0) is 37.0 Å². The standard InChI is InChI=1S/C17H18F2O2/c1-11(2)8-9-13(10-12(3)4)21-17(20)16-14(18)6-5-7-15(16)19/h5-7,12-13H,1,10H2,2-4H3. The average molecular weight is 292 g/mol. The largest absolute Gasteiger partial charge is 0.445 e. The van der Waals surface area contributed by atoms with Crippen LogP contribution in [0.5, 0.6) is 0 Å². The van der Waals surface area contributed by atoms with Gasteiger partial charge in [-0.25, -0.2) is 13.6 Å². The normalized spacial score (nSPS) is 11.5. The van der Waals surface area contributed by atoms with Crippen molar-refractivity contribution in [1.82, 2.24) is 0 Å². The Labute approximate surface area is 123 Å². The molecule has 0 aromatic heterocycles. The summed E-state index contributed by atoms with van der Waals surface area (Å²) in [4.78, 5) is 11.9. The number of ether oxygens (including phenoxy) is 1. The van der Waals surface area contributed by atoms with Gasteiger partial charge in [0.1, 0.15) is 17.2 Å². The van der Waals surface area contributed by atoms with Gasteiger partial charge in [-0.3, -0.25) is 0 Å². The Bertz CT molecular complexity index is 574. The van der Waals surface area contributed by atoms with Crippen molar-refractivity contribution in [3.05, 3.63) is 47.5 Å². The Morgan fingerprint density at radius 3 is 2.38 bits per heavy atom. The van der Waals surface area contributed by atoms with Crippen molar-refractivity contribution in [3.8, 4) is 11.8 Å². The van der Waals surface area contributed by atoms with E-state index in [4.69, 9.17) is 4.74 Å². The number of hydrogen-bond donors (Lipinski definition) is 0. The van der Waals surface area contributed by atoms with Crippen LogP contribution >= 0.6 is 0 Å². The molecular weight excluding hydrogens is 274 g/mol. The number of benzene rings is 1. The van der Waals surface area contributed by atoms with Crippen molar-refractivity contribution >= 4 is 5.97 Å². The van der Waals surface area contributed by atoms with Crippen LogP contribution in [-0.4, -0.2) is 12.1 Å². The van der Waals surface area contributed by atoms with Gasteiger partial charge in [0.05, 0.1) is 0 Å². The van der Waals surface area contributed by atoms with Gasteiger partial charge in [0.25, 0.3) is 0 Å². The first-order valence-electron chi connectivity index (χ1n) is 6.63. The molecular formula is C17H18F2O2. The third-order valence-corrected chi connectivity index (χ3v) is 2.55. The second kappa shape index (κ2) is 7.58. The topological polar surface area (TPSA) is 26.3 Å². The molecule has 1 atom stereocenters. The fourth-order valence-corrected chi connectivity index (χ4v) is 1.65. The fourth-order valence-electron chi connectivity index (χ4n) is 1.65. The highest BCUT2D eigenvalue weighted by atomic mass is 19.1. The number of carbonyl (C=O) groups excluding carboxylic acids is 1. The van der Waals surface area contributed by atoms with Crippen LogP contribution in [0.3, 0.4) is 0 Å². The summed E-state index contributed by atoms with van der Waals surface area (Å²) >= 11 is 0. The summed E-state index contributed by atoms with van der Waals surface area (Å²) in [5.74, 6) is 2.75. The Balaban J connectivity index is 2.96. The number of hydrogen-bond acceptors (Lipinski definition) is 2. The maximum absolute atomic E-state index is 13.5. The number of rotatable bonds is 4. The first-order valence-corrected chi connectivity index (χ1v) is 6.63. The molecule has 1 aromatic carbocycles. The third kappa shape index (κ3) is 5.39. The first-order chi connectivity index (χ1) is 9.81. The molecule has 0 spiro atoms. The Morgan fingerprint density at radius 1 is 1.33 bits per heavy atom. The quantitative estimate of drug-likeness (QED) is 0.616. The average Bonchev–Trinajstić information content (AvgIpc) is 2.35. The molecule has 2 nitrogen and oxygen atoms in total. The summed E-state index contributed by atoms with van der Waals surface area (Å²) in [6, 6.07) is 3.21. The molecule has 0 amide bonds. The molecule has 0 aliphatic rings. The minimum atomic E-state index is -1.05. The number of allylic oxidation sites excluding steroid dienone is 1. The second-order valence-corrected chi connectivity index (χ2v) is 5.17. The zero-order valence-electron chi connectivity index (χ0n) is 12.4. The van der Waals surface area contributed by atoms with Gasteiger partial charge in [0, 0.05) is 0 Å². The smallest absolute Gasteiger partial charge is 0.345 e. The van der Waals surface area contributed by atoms with Crippen molar-refractivity contribution in [2.24, 2.45) is 5.92 Å². The molecule has 0 aliphatic heterocycles. The monoisotopic (exact) mass is 292 g/mol. The summed E-state index contributed by atoms with van der Waals surface area (Å²) in [5.41, 5.74) is -0.0692. The van der Waals surface area contributed by atoms with E-state index in [0.29, 0.717) is 12.0 Å². The van der Waals surface area contributed by atoms with E-state index in [2.05, 4.69) is 18.4 Å². The van der Waals surface area contributed by atoms with E-state index in [9.17, 15) is 13.6 Å². The number of esters is 1. The Morgan fingerprint density at radius 2 is 1.90 bits per heavy atom. The molecule has 1 rings (SSSR count). The molecule has 0 aliphatic carbocycles. The van der Waals surface area contributed by atoms with Crippen LogP contribution in [0.15, 0.2) is 30.4 Å². The van der Waals surface area contributed by atoms with Crippen molar-refractivity contribution in [1.29, 1.82) is 0 Å². The first kappa shape index (κ1) is 16.9. The van der Waals surface area contributed by atoms with Crippen LogP contribution in [0.1, 0.15) is 37.6 Å². The molecule has 0 bridgehead atoms. The second-order valence-electron chi connectivity index (χ2n) is 5.17. The summed E-state index contributed by atoms with van der Waals surface area (Å²) in [6.45, 7) is 9.23. The van der Waals surface area contributed by atoms with Crippen LogP contribution in [0.2, 0.25) is 0 Å². The van der Waals surface area contributed by atoms with Crippen LogP contribution in [0.25, 0.3) is 0 Å². The van der Waals surface area contributed by atoms with Crippen molar-refractivity contribution in [2.75, 3.05) is 0 Å². The summed E-state index contributed by atoms with van der Waals surface area (Å²) in [7, 11) is 0. The lowest BCUT2D eigenvalue weighted by Crippen LogP contribution is -2.20. The highest BCUT2D eigenvalue weighted by Crippen LogP contribution is 2.16. The number of carbonyl (C=O) groups is 1. The van der Waals surface area contributed by atoms with E-state index in [-0.39, 0.29) is 5.92 Å². The summed E-state index contributed by atoms with van der Waals surface area (Å²) in [6.07, 6.45) is -0.254. The summed E-state index contributed by atoms with van der Waals surface area (Å²) in [5, 5.41) is 0. The van der Waals surface area contributed by atoms with Crippen molar-refractivity contribution in [3.63, 3.8) is 0 Å². The maximum Gasteiger partial charge on any atom is 0.345 e. The fraction of sp³-hybridized carbons (Fsp3) is 0.353. The SMILES string of the molecule is C=C(C)C#CC(CC(C)C)OC(=O)c1c(F)cccc1F. The van der Waals surface area contributed by atoms with Gasteiger partial charge in [0.15, 0.2) is 6.10 Å². The van der Waals surface area contributed by atoms with Gasteiger partial charge in [-0.2, -0.15) is 0 Å². The van der Waals surface area contributed by atoms with E-state index in [1.165, 1.54) is 6.07 Å². The Hall–Kier alpha value is -2.15. The minimum absolute atomic E-state index is 0.215. The highest BCUT2D eigenvalue weighted by Gasteiger charge is 2.22. The van der Waals surface area contributed by atoms with Crippen LogP contribution in [0, 0.1) is 29.4 Å². The molecule has 0 saturated carbocycles. The number of halogens is 2. The lowest BCUT2D eigenvalue weighted by atomic mass is 10.1. The van der Waals surface area contributed by atoms with E-state index in [1.54, 1.807) is 6.92 Å². The van der Waals surface area contributed by atoms with E-state index >= 15 is 0 Å². The van der Waals surface area contributed by atoms with Gasteiger partial charge < -0.3 is 4.74 Å². The molecule has 0 N–H and O–H groups in total. The minimum Gasteiger partial charge on any atom is -0.445 e. The highest BCUT2D eigenvalue weighted by molar-refractivity contribution is 5.90. The van der Waals surface area contributed by atoms with E-state index in [1.807, 2.05) is 13.8 Å². The zero-order valence-corrected chi connectivity index (χ0v) is 12.4. The zero-order chi connectivity index (χ0) is 16.0. The molecule has 21 heavy (non-hydrogen) atoms. The van der Waals surface area contributed by atoms with Gasteiger partial charge >= 0.3 is 5.97 Å². The molecule has 1 aromatic rings. The van der Waals surface area contributed by atoms with E-state index in [0.717, 1.165) is 12.1 Å². The molecule has 1 unspecified atom stereocenters. The Kier molecular flexibility index (Phi) is 6.10. The van der Waals surface area contributed by atoms with Crippen molar-refractivity contribution in [2.45, 2.75) is 33.3 Å². The molecule has 0 heterocycles.